The highest BCUT2D eigenvalue weighted by atomic mass is 15.0. The molecule has 2 aromatic heterocycles. The summed E-state index contributed by atoms with van der Waals surface area (Å²) in [5.41, 5.74) is 8.59. The molecule has 0 aliphatic carbocycles. The molecule has 0 bridgehead atoms. The van der Waals surface area contributed by atoms with Crippen LogP contribution in [0.4, 0.5) is 0 Å². The van der Waals surface area contributed by atoms with E-state index >= 15 is 0 Å². The highest BCUT2D eigenvalue weighted by Crippen LogP contribution is 2.34. The molecular formula is C47H30N4. The summed E-state index contributed by atoms with van der Waals surface area (Å²) in [5, 5.41) is 7.09. The summed E-state index contributed by atoms with van der Waals surface area (Å²) < 4.78 is 2.33. The van der Waals surface area contributed by atoms with Crippen LogP contribution in [-0.4, -0.2) is 19.5 Å². The van der Waals surface area contributed by atoms with Gasteiger partial charge in [-0.15, -0.1) is 0 Å². The number of aromatic nitrogens is 4. The smallest absolute Gasteiger partial charge is 0.164 e. The van der Waals surface area contributed by atoms with Crippen molar-refractivity contribution in [1.29, 1.82) is 0 Å². The lowest BCUT2D eigenvalue weighted by Gasteiger charge is -2.12. The van der Waals surface area contributed by atoms with Gasteiger partial charge < -0.3 is 4.57 Å². The molecular weight excluding hydrogens is 621 g/mol. The first-order valence-corrected chi connectivity index (χ1v) is 17.2. The van der Waals surface area contributed by atoms with Crippen LogP contribution in [0, 0.1) is 0 Å². The highest BCUT2D eigenvalue weighted by molar-refractivity contribution is 6.09. The third kappa shape index (κ3) is 5.13. The maximum Gasteiger partial charge on any atom is 0.164 e. The Bertz CT molecular complexity index is 2870. The van der Waals surface area contributed by atoms with E-state index in [9.17, 15) is 0 Å². The second-order valence-electron chi connectivity index (χ2n) is 12.9. The van der Waals surface area contributed by atoms with Crippen molar-refractivity contribution in [1.82, 2.24) is 19.5 Å². The van der Waals surface area contributed by atoms with Crippen molar-refractivity contribution >= 4 is 43.4 Å². The molecule has 0 amide bonds. The molecule has 0 radical (unpaired) electrons. The Morgan fingerprint density at radius 2 is 0.745 bits per heavy atom. The summed E-state index contributed by atoms with van der Waals surface area (Å²) in [7, 11) is 0. The number of hydrogen-bond acceptors (Lipinski definition) is 3. The molecule has 4 nitrogen and oxygen atoms in total. The largest absolute Gasteiger partial charge is 0.309 e. The van der Waals surface area contributed by atoms with Crippen molar-refractivity contribution in [2.75, 3.05) is 0 Å². The molecule has 10 rings (SSSR count). The van der Waals surface area contributed by atoms with Crippen LogP contribution in [0.5, 0.6) is 0 Å². The summed E-state index contributed by atoms with van der Waals surface area (Å²) in [6, 6.07) is 64.0. The molecule has 0 unspecified atom stereocenters. The molecule has 0 aliphatic heterocycles. The maximum atomic E-state index is 5.15. The standard InChI is InChI=1S/C47H30N4/c1-2-11-31(12-3-1)34-22-23-36-29-39(26-24-35(36)27-34)47-49-45(48-46(50-47)38-25-21-32-13-4-5-14-33(32)28-38)37-15-10-16-40(30-37)51-43-19-8-6-17-41(43)42-18-7-9-20-44(42)51/h1-30H. The Labute approximate surface area is 295 Å². The summed E-state index contributed by atoms with van der Waals surface area (Å²) in [6.45, 7) is 0. The zero-order chi connectivity index (χ0) is 33.7. The van der Waals surface area contributed by atoms with Crippen LogP contribution < -0.4 is 0 Å². The molecule has 51 heavy (non-hydrogen) atoms. The predicted octanol–water partition coefficient (Wildman–Crippen LogP) is 11.9. The number of rotatable bonds is 5. The van der Waals surface area contributed by atoms with E-state index < -0.39 is 0 Å². The minimum atomic E-state index is 0.630. The molecule has 8 aromatic carbocycles. The van der Waals surface area contributed by atoms with Crippen molar-refractivity contribution < 1.29 is 0 Å². The molecule has 0 saturated heterocycles. The normalized spacial score (nSPS) is 11.5. The van der Waals surface area contributed by atoms with E-state index in [0.29, 0.717) is 17.5 Å². The van der Waals surface area contributed by atoms with Gasteiger partial charge in [0.25, 0.3) is 0 Å². The molecule has 0 aliphatic rings. The van der Waals surface area contributed by atoms with E-state index in [1.54, 1.807) is 0 Å². The van der Waals surface area contributed by atoms with E-state index in [0.717, 1.165) is 44.2 Å². The maximum absolute atomic E-state index is 5.15. The minimum Gasteiger partial charge on any atom is -0.309 e. The number of fused-ring (bicyclic) bond motifs is 5. The van der Waals surface area contributed by atoms with Crippen molar-refractivity contribution in [3.05, 3.63) is 182 Å². The number of nitrogens with zero attached hydrogens (tertiary/aromatic N) is 4. The molecule has 0 spiro atoms. The lowest BCUT2D eigenvalue weighted by molar-refractivity contribution is 1.07. The van der Waals surface area contributed by atoms with Gasteiger partial charge in [-0.3, -0.25) is 0 Å². The van der Waals surface area contributed by atoms with Gasteiger partial charge in [0.1, 0.15) is 0 Å². The van der Waals surface area contributed by atoms with Gasteiger partial charge in [-0.05, 0) is 75.1 Å². The summed E-state index contributed by atoms with van der Waals surface area (Å²) >= 11 is 0. The van der Waals surface area contributed by atoms with E-state index in [-0.39, 0.29) is 0 Å². The molecule has 2 heterocycles. The van der Waals surface area contributed by atoms with Gasteiger partial charge in [0.15, 0.2) is 17.5 Å². The Morgan fingerprint density at radius 3 is 1.39 bits per heavy atom. The number of hydrogen-bond donors (Lipinski definition) is 0. The zero-order valence-corrected chi connectivity index (χ0v) is 27.6. The monoisotopic (exact) mass is 650 g/mol. The van der Waals surface area contributed by atoms with E-state index in [4.69, 9.17) is 15.0 Å². The van der Waals surface area contributed by atoms with Crippen LogP contribution in [0.25, 0.3) is 94.3 Å². The van der Waals surface area contributed by atoms with Crippen LogP contribution in [-0.2, 0) is 0 Å². The summed E-state index contributed by atoms with van der Waals surface area (Å²) in [5.74, 6) is 1.91. The molecule has 10 aromatic rings. The minimum absolute atomic E-state index is 0.630. The number of benzene rings is 8. The van der Waals surface area contributed by atoms with Crippen LogP contribution >= 0.6 is 0 Å². The predicted molar refractivity (Wildman–Crippen MR) is 211 cm³/mol. The molecule has 0 atom stereocenters. The van der Waals surface area contributed by atoms with Crippen LogP contribution in [0.15, 0.2) is 182 Å². The Morgan fingerprint density at radius 1 is 0.294 bits per heavy atom. The number of para-hydroxylation sites is 2. The summed E-state index contributed by atoms with van der Waals surface area (Å²) in [6.07, 6.45) is 0. The van der Waals surface area contributed by atoms with Crippen LogP contribution in [0.2, 0.25) is 0 Å². The fourth-order valence-electron chi connectivity index (χ4n) is 7.27. The van der Waals surface area contributed by atoms with Gasteiger partial charge in [0.2, 0.25) is 0 Å². The van der Waals surface area contributed by atoms with Gasteiger partial charge in [0, 0.05) is 33.2 Å². The van der Waals surface area contributed by atoms with Crippen molar-refractivity contribution in [2.45, 2.75) is 0 Å². The van der Waals surface area contributed by atoms with Crippen molar-refractivity contribution in [2.24, 2.45) is 0 Å². The van der Waals surface area contributed by atoms with Gasteiger partial charge in [-0.1, -0.05) is 140 Å². The van der Waals surface area contributed by atoms with Gasteiger partial charge in [0.05, 0.1) is 11.0 Å². The van der Waals surface area contributed by atoms with Gasteiger partial charge in [-0.2, -0.15) is 0 Å². The first kappa shape index (κ1) is 29.0. The Balaban J connectivity index is 1.14. The van der Waals surface area contributed by atoms with Gasteiger partial charge in [-0.25, -0.2) is 15.0 Å². The average molecular weight is 651 g/mol. The van der Waals surface area contributed by atoms with E-state index in [1.165, 1.54) is 32.7 Å². The lowest BCUT2D eigenvalue weighted by Crippen LogP contribution is -2.01. The molecule has 4 heteroatoms. The molecule has 0 N–H and O–H groups in total. The third-order valence-electron chi connectivity index (χ3n) is 9.79. The SMILES string of the molecule is c1ccc(-c2ccc3cc(-c4nc(-c5cccc(-n6c7ccccc7c7ccccc76)c5)nc(-c5ccc6ccccc6c5)n4)ccc3c2)cc1. The molecule has 0 saturated carbocycles. The fourth-order valence-corrected chi connectivity index (χ4v) is 7.27. The van der Waals surface area contributed by atoms with Gasteiger partial charge >= 0.3 is 0 Å². The van der Waals surface area contributed by atoms with Crippen molar-refractivity contribution in [3.63, 3.8) is 0 Å². The molecule has 0 fully saturated rings. The Hall–Kier alpha value is -6.91. The van der Waals surface area contributed by atoms with Crippen LogP contribution in [0.3, 0.4) is 0 Å². The first-order chi connectivity index (χ1) is 25.2. The first-order valence-electron chi connectivity index (χ1n) is 17.2. The van der Waals surface area contributed by atoms with Crippen LogP contribution in [0.1, 0.15) is 0 Å². The van der Waals surface area contributed by atoms with E-state index in [2.05, 4.69) is 180 Å². The second-order valence-corrected chi connectivity index (χ2v) is 12.9. The third-order valence-corrected chi connectivity index (χ3v) is 9.79. The average Bonchev–Trinajstić information content (AvgIpc) is 3.55. The Kier molecular flexibility index (Phi) is 6.78. The fraction of sp³-hybridized carbons (Fsp3) is 0. The zero-order valence-electron chi connectivity index (χ0n) is 27.6. The topological polar surface area (TPSA) is 43.6 Å². The quantitative estimate of drug-likeness (QED) is 0.186. The second kappa shape index (κ2) is 11.9. The highest BCUT2D eigenvalue weighted by Gasteiger charge is 2.16. The molecule has 238 valence electrons. The lowest BCUT2D eigenvalue weighted by atomic mass is 10.00. The van der Waals surface area contributed by atoms with E-state index in [1.807, 2.05) is 6.07 Å². The summed E-state index contributed by atoms with van der Waals surface area (Å²) in [4.78, 5) is 15.4. The van der Waals surface area contributed by atoms with Crippen molar-refractivity contribution in [3.8, 4) is 51.0 Å².